The summed E-state index contributed by atoms with van der Waals surface area (Å²) in [7, 11) is 0. The van der Waals surface area contributed by atoms with Gasteiger partial charge in [0.05, 0.1) is 6.54 Å². The minimum Gasteiger partial charge on any atom is -0.381 e. The van der Waals surface area contributed by atoms with E-state index < -0.39 is 0 Å². The molecule has 4 heteroatoms. The van der Waals surface area contributed by atoms with Gasteiger partial charge in [0, 0.05) is 19.3 Å². The predicted octanol–water partition coefficient (Wildman–Crippen LogP) is 1.31. The molecule has 0 aromatic rings. The average molecular weight is 230 g/mol. The van der Waals surface area contributed by atoms with E-state index in [1.165, 1.54) is 0 Å². The van der Waals surface area contributed by atoms with E-state index in [2.05, 4.69) is 24.5 Å². The molecule has 0 saturated carbocycles. The highest BCUT2D eigenvalue weighted by Crippen LogP contribution is 1.87. The van der Waals surface area contributed by atoms with Crippen molar-refractivity contribution in [3.8, 4) is 0 Å². The van der Waals surface area contributed by atoms with Crippen molar-refractivity contribution in [1.29, 1.82) is 0 Å². The SMILES string of the molecule is CCCOCCCNCC(=O)NC(C)CC. The monoisotopic (exact) mass is 230 g/mol. The smallest absolute Gasteiger partial charge is 0.234 e. The Bertz CT molecular complexity index is 174. The standard InChI is InChI=1S/C12H26N2O2/c1-4-8-16-9-6-7-13-10-12(15)14-11(3)5-2/h11,13H,4-10H2,1-3H3,(H,14,15). The summed E-state index contributed by atoms with van der Waals surface area (Å²) in [6.07, 6.45) is 2.98. The Morgan fingerprint density at radius 1 is 1.31 bits per heavy atom. The zero-order valence-electron chi connectivity index (χ0n) is 10.8. The van der Waals surface area contributed by atoms with Crippen molar-refractivity contribution in [2.75, 3.05) is 26.3 Å². The molecule has 0 spiro atoms. The van der Waals surface area contributed by atoms with Crippen LogP contribution in [0.5, 0.6) is 0 Å². The number of carbonyl (C=O) groups is 1. The molecule has 0 saturated heterocycles. The van der Waals surface area contributed by atoms with Gasteiger partial charge < -0.3 is 15.4 Å². The molecule has 0 rings (SSSR count). The Balaban J connectivity index is 3.21. The van der Waals surface area contributed by atoms with E-state index in [0.29, 0.717) is 6.54 Å². The summed E-state index contributed by atoms with van der Waals surface area (Å²) in [6.45, 7) is 9.00. The lowest BCUT2D eigenvalue weighted by Crippen LogP contribution is -2.39. The molecule has 0 aromatic heterocycles. The van der Waals surface area contributed by atoms with Crippen LogP contribution >= 0.6 is 0 Å². The van der Waals surface area contributed by atoms with Crippen LogP contribution in [0.3, 0.4) is 0 Å². The van der Waals surface area contributed by atoms with Crippen LogP contribution in [-0.2, 0) is 9.53 Å². The summed E-state index contributed by atoms with van der Waals surface area (Å²) >= 11 is 0. The van der Waals surface area contributed by atoms with E-state index in [1.807, 2.05) is 6.92 Å². The van der Waals surface area contributed by atoms with Gasteiger partial charge >= 0.3 is 0 Å². The lowest BCUT2D eigenvalue weighted by Gasteiger charge is -2.11. The van der Waals surface area contributed by atoms with E-state index in [1.54, 1.807) is 0 Å². The molecule has 1 amide bonds. The molecule has 0 fully saturated rings. The summed E-state index contributed by atoms with van der Waals surface area (Å²) < 4.78 is 5.33. The lowest BCUT2D eigenvalue weighted by molar-refractivity contribution is -0.120. The third kappa shape index (κ3) is 9.93. The summed E-state index contributed by atoms with van der Waals surface area (Å²) in [5.41, 5.74) is 0. The average Bonchev–Trinajstić information content (AvgIpc) is 2.27. The van der Waals surface area contributed by atoms with Crippen molar-refractivity contribution in [3.05, 3.63) is 0 Å². The Labute approximate surface area is 99.1 Å². The Morgan fingerprint density at radius 3 is 2.69 bits per heavy atom. The molecule has 0 aliphatic rings. The first-order valence-corrected chi connectivity index (χ1v) is 6.28. The van der Waals surface area contributed by atoms with Gasteiger partial charge in [-0.3, -0.25) is 4.79 Å². The maximum atomic E-state index is 11.3. The first-order valence-electron chi connectivity index (χ1n) is 6.28. The third-order valence-corrected chi connectivity index (χ3v) is 2.30. The molecule has 0 aromatic carbocycles. The highest BCUT2D eigenvalue weighted by atomic mass is 16.5. The number of nitrogens with one attached hydrogen (secondary N) is 2. The van der Waals surface area contributed by atoms with Gasteiger partial charge in [-0.05, 0) is 32.7 Å². The molecular weight excluding hydrogens is 204 g/mol. The predicted molar refractivity (Wildman–Crippen MR) is 66.5 cm³/mol. The molecule has 96 valence electrons. The van der Waals surface area contributed by atoms with E-state index in [0.717, 1.165) is 39.0 Å². The molecule has 1 atom stereocenters. The minimum absolute atomic E-state index is 0.0730. The van der Waals surface area contributed by atoms with Gasteiger partial charge in [-0.1, -0.05) is 13.8 Å². The quantitative estimate of drug-likeness (QED) is 0.556. The molecule has 0 aliphatic carbocycles. The highest BCUT2D eigenvalue weighted by Gasteiger charge is 2.03. The van der Waals surface area contributed by atoms with E-state index in [9.17, 15) is 4.79 Å². The second kappa shape index (κ2) is 10.9. The Hall–Kier alpha value is -0.610. The van der Waals surface area contributed by atoms with Gasteiger partial charge in [0.15, 0.2) is 0 Å². The van der Waals surface area contributed by atoms with E-state index >= 15 is 0 Å². The van der Waals surface area contributed by atoms with Crippen molar-refractivity contribution in [1.82, 2.24) is 10.6 Å². The van der Waals surface area contributed by atoms with Crippen molar-refractivity contribution < 1.29 is 9.53 Å². The molecule has 0 aliphatic heterocycles. The maximum Gasteiger partial charge on any atom is 0.234 e. The van der Waals surface area contributed by atoms with Crippen molar-refractivity contribution in [3.63, 3.8) is 0 Å². The maximum absolute atomic E-state index is 11.3. The summed E-state index contributed by atoms with van der Waals surface area (Å²) in [5.74, 6) is 0.0730. The molecule has 4 nitrogen and oxygen atoms in total. The molecule has 16 heavy (non-hydrogen) atoms. The molecule has 1 unspecified atom stereocenters. The van der Waals surface area contributed by atoms with E-state index in [-0.39, 0.29) is 11.9 Å². The number of hydrogen-bond acceptors (Lipinski definition) is 3. The fourth-order valence-corrected chi connectivity index (χ4v) is 1.18. The van der Waals surface area contributed by atoms with Gasteiger partial charge in [0.25, 0.3) is 0 Å². The van der Waals surface area contributed by atoms with Crippen LogP contribution in [0, 0.1) is 0 Å². The third-order valence-electron chi connectivity index (χ3n) is 2.30. The molecule has 0 bridgehead atoms. The second-order valence-electron chi connectivity index (χ2n) is 4.02. The molecule has 2 N–H and O–H groups in total. The van der Waals surface area contributed by atoms with Gasteiger partial charge in [0.1, 0.15) is 0 Å². The second-order valence-corrected chi connectivity index (χ2v) is 4.02. The topological polar surface area (TPSA) is 50.4 Å². The number of hydrogen-bond donors (Lipinski definition) is 2. The molecule has 0 radical (unpaired) electrons. The number of carbonyl (C=O) groups excluding carboxylic acids is 1. The summed E-state index contributed by atoms with van der Waals surface area (Å²) in [5, 5.41) is 6.01. The molecule has 0 heterocycles. The van der Waals surface area contributed by atoms with Crippen LogP contribution < -0.4 is 10.6 Å². The first kappa shape index (κ1) is 15.4. The fourth-order valence-electron chi connectivity index (χ4n) is 1.18. The van der Waals surface area contributed by atoms with Crippen molar-refractivity contribution in [2.24, 2.45) is 0 Å². The van der Waals surface area contributed by atoms with Gasteiger partial charge in [-0.2, -0.15) is 0 Å². The van der Waals surface area contributed by atoms with Gasteiger partial charge in [-0.15, -0.1) is 0 Å². The van der Waals surface area contributed by atoms with Crippen LogP contribution in [0.25, 0.3) is 0 Å². The Kier molecular flexibility index (Phi) is 10.5. The normalized spacial score (nSPS) is 12.4. The zero-order valence-corrected chi connectivity index (χ0v) is 10.8. The van der Waals surface area contributed by atoms with E-state index in [4.69, 9.17) is 4.74 Å². The summed E-state index contributed by atoms with van der Waals surface area (Å²) in [4.78, 5) is 11.3. The van der Waals surface area contributed by atoms with Crippen molar-refractivity contribution >= 4 is 5.91 Å². The minimum atomic E-state index is 0.0730. The largest absolute Gasteiger partial charge is 0.381 e. The zero-order chi connectivity index (χ0) is 12.2. The van der Waals surface area contributed by atoms with Gasteiger partial charge in [0.2, 0.25) is 5.91 Å². The van der Waals surface area contributed by atoms with Crippen LogP contribution in [-0.4, -0.2) is 38.3 Å². The first-order chi connectivity index (χ1) is 7.70. The van der Waals surface area contributed by atoms with Crippen molar-refractivity contribution in [2.45, 2.75) is 46.1 Å². The Morgan fingerprint density at radius 2 is 2.06 bits per heavy atom. The fraction of sp³-hybridized carbons (Fsp3) is 0.917. The highest BCUT2D eigenvalue weighted by molar-refractivity contribution is 5.78. The van der Waals surface area contributed by atoms with Crippen LogP contribution in [0.4, 0.5) is 0 Å². The van der Waals surface area contributed by atoms with Crippen LogP contribution in [0.2, 0.25) is 0 Å². The number of rotatable bonds is 10. The van der Waals surface area contributed by atoms with Crippen LogP contribution in [0.1, 0.15) is 40.0 Å². The van der Waals surface area contributed by atoms with Crippen LogP contribution in [0.15, 0.2) is 0 Å². The van der Waals surface area contributed by atoms with Gasteiger partial charge in [-0.25, -0.2) is 0 Å². The number of amides is 1. The summed E-state index contributed by atoms with van der Waals surface area (Å²) in [6, 6.07) is 0.266. The number of ether oxygens (including phenoxy) is 1. The lowest BCUT2D eigenvalue weighted by atomic mass is 10.2. The molecular formula is C12H26N2O2.